The average molecular weight is 474 g/mol. The van der Waals surface area contributed by atoms with Gasteiger partial charge in [-0.25, -0.2) is 4.79 Å². The van der Waals surface area contributed by atoms with Crippen LogP contribution >= 0.6 is 27.3 Å². The number of amides is 1. The van der Waals surface area contributed by atoms with Gasteiger partial charge in [-0.1, -0.05) is 46.3 Å². The lowest BCUT2D eigenvalue weighted by Crippen LogP contribution is -2.30. The summed E-state index contributed by atoms with van der Waals surface area (Å²) in [4.78, 5) is 25.3. The van der Waals surface area contributed by atoms with Crippen molar-refractivity contribution >= 4 is 44.1 Å². The summed E-state index contributed by atoms with van der Waals surface area (Å²) in [5, 5.41) is 5.10. The van der Waals surface area contributed by atoms with E-state index in [9.17, 15) is 9.59 Å². The summed E-state index contributed by atoms with van der Waals surface area (Å²) >= 11 is 4.69. The van der Waals surface area contributed by atoms with Crippen LogP contribution in [0.15, 0.2) is 64.5 Å². The van der Waals surface area contributed by atoms with Gasteiger partial charge in [0.05, 0.1) is 6.61 Å². The lowest BCUT2D eigenvalue weighted by atomic mass is 10.0. The summed E-state index contributed by atoms with van der Waals surface area (Å²) in [7, 11) is 0. The topological polar surface area (TPSA) is 64.6 Å². The van der Waals surface area contributed by atoms with Gasteiger partial charge < -0.3 is 14.8 Å². The second-order valence-corrected chi connectivity index (χ2v) is 7.94. The van der Waals surface area contributed by atoms with Crippen LogP contribution in [0.2, 0.25) is 0 Å². The Morgan fingerprint density at radius 1 is 1.10 bits per heavy atom. The molecule has 1 heterocycles. The smallest absolute Gasteiger partial charge is 0.341 e. The Bertz CT molecular complexity index is 986. The van der Waals surface area contributed by atoms with Gasteiger partial charge in [0.15, 0.2) is 6.10 Å². The molecule has 1 unspecified atom stereocenters. The molecule has 0 fully saturated rings. The first-order valence-electron chi connectivity index (χ1n) is 9.06. The van der Waals surface area contributed by atoms with Crippen LogP contribution in [0.25, 0.3) is 11.1 Å². The second-order valence-electron chi connectivity index (χ2n) is 6.14. The van der Waals surface area contributed by atoms with Crippen molar-refractivity contribution in [3.63, 3.8) is 0 Å². The lowest BCUT2D eigenvalue weighted by molar-refractivity contribution is -0.122. The first-order chi connectivity index (χ1) is 14.0. The molecule has 0 aliphatic carbocycles. The number of esters is 1. The van der Waals surface area contributed by atoms with Crippen molar-refractivity contribution in [3.8, 4) is 16.9 Å². The predicted octanol–water partition coefficient (Wildman–Crippen LogP) is 5.76. The molecule has 0 spiro atoms. The highest BCUT2D eigenvalue weighted by Crippen LogP contribution is 2.36. The first-order valence-corrected chi connectivity index (χ1v) is 10.7. The molecular weight excluding hydrogens is 454 g/mol. The zero-order chi connectivity index (χ0) is 20.8. The molecule has 29 heavy (non-hydrogen) atoms. The first kappa shape index (κ1) is 21.1. The number of carbonyl (C=O) groups excluding carboxylic acids is 2. The van der Waals surface area contributed by atoms with Crippen molar-refractivity contribution < 1.29 is 19.1 Å². The van der Waals surface area contributed by atoms with Crippen molar-refractivity contribution in [3.05, 3.63) is 70.0 Å². The Balaban J connectivity index is 1.85. The van der Waals surface area contributed by atoms with Gasteiger partial charge in [-0.05, 0) is 43.7 Å². The van der Waals surface area contributed by atoms with Gasteiger partial charge in [0, 0.05) is 15.4 Å². The van der Waals surface area contributed by atoms with E-state index >= 15 is 0 Å². The summed E-state index contributed by atoms with van der Waals surface area (Å²) < 4.78 is 11.8. The number of anilines is 1. The van der Waals surface area contributed by atoms with Crippen LogP contribution < -0.4 is 10.1 Å². The van der Waals surface area contributed by atoms with E-state index in [4.69, 9.17) is 9.47 Å². The molecule has 0 aliphatic rings. The quantitative estimate of drug-likeness (QED) is 0.443. The molecular formula is C22H20BrNO4S. The standard InChI is InChI=1S/C22H20BrNO4S/c1-3-27-22(26)19-18(15-9-11-16(23)12-10-15)13-29-21(19)24-20(25)14(2)28-17-7-5-4-6-8-17/h4-14H,3H2,1-2H3,(H,24,25). The Morgan fingerprint density at radius 2 is 1.79 bits per heavy atom. The molecule has 1 atom stereocenters. The Hall–Kier alpha value is -2.64. The number of hydrogen-bond acceptors (Lipinski definition) is 5. The SMILES string of the molecule is CCOC(=O)c1c(-c2ccc(Br)cc2)csc1NC(=O)C(C)Oc1ccccc1. The van der Waals surface area contributed by atoms with Crippen LogP contribution in [0.5, 0.6) is 5.75 Å². The summed E-state index contributed by atoms with van der Waals surface area (Å²) in [6, 6.07) is 16.7. The highest BCUT2D eigenvalue weighted by atomic mass is 79.9. The van der Waals surface area contributed by atoms with Gasteiger partial charge in [0.25, 0.3) is 5.91 Å². The normalized spacial score (nSPS) is 11.6. The molecule has 2 aromatic carbocycles. The molecule has 0 saturated carbocycles. The molecule has 7 heteroatoms. The minimum atomic E-state index is -0.731. The van der Waals surface area contributed by atoms with Crippen LogP contribution in [0.1, 0.15) is 24.2 Å². The minimum absolute atomic E-state index is 0.245. The average Bonchev–Trinajstić information content (AvgIpc) is 3.13. The molecule has 0 aliphatic heterocycles. The van der Waals surface area contributed by atoms with Gasteiger partial charge in [0.2, 0.25) is 0 Å². The molecule has 3 rings (SSSR count). The fourth-order valence-electron chi connectivity index (χ4n) is 2.67. The van der Waals surface area contributed by atoms with E-state index in [1.54, 1.807) is 26.0 Å². The van der Waals surface area contributed by atoms with E-state index < -0.39 is 12.1 Å². The minimum Gasteiger partial charge on any atom is -0.481 e. The Labute approximate surface area is 181 Å². The van der Waals surface area contributed by atoms with Crippen LogP contribution in [0.4, 0.5) is 5.00 Å². The molecule has 1 amide bonds. The fraction of sp³-hybridized carbons (Fsp3) is 0.182. The second kappa shape index (κ2) is 9.71. The van der Waals surface area contributed by atoms with Gasteiger partial charge >= 0.3 is 5.97 Å². The number of benzene rings is 2. The van der Waals surface area contributed by atoms with Crippen molar-refractivity contribution in [1.29, 1.82) is 0 Å². The Morgan fingerprint density at radius 3 is 2.45 bits per heavy atom. The van der Waals surface area contributed by atoms with E-state index in [0.29, 0.717) is 21.9 Å². The molecule has 1 N–H and O–H groups in total. The van der Waals surface area contributed by atoms with E-state index in [-0.39, 0.29) is 12.5 Å². The third-order valence-corrected chi connectivity index (χ3v) is 5.51. The van der Waals surface area contributed by atoms with E-state index in [1.165, 1.54) is 11.3 Å². The summed E-state index contributed by atoms with van der Waals surface area (Å²) in [5.74, 6) is -0.218. The Kier molecular flexibility index (Phi) is 7.06. The number of halogens is 1. The predicted molar refractivity (Wildman–Crippen MR) is 119 cm³/mol. The van der Waals surface area contributed by atoms with Crippen molar-refractivity contribution in [2.75, 3.05) is 11.9 Å². The largest absolute Gasteiger partial charge is 0.481 e. The maximum absolute atomic E-state index is 12.7. The number of nitrogens with one attached hydrogen (secondary N) is 1. The van der Waals surface area contributed by atoms with E-state index in [1.807, 2.05) is 47.8 Å². The maximum Gasteiger partial charge on any atom is 0.341 e. The van der Waals surface area contributed by atoms with Crippen LogP contribution in [-0.4, -0.2) is 24.6 Å². The molecule has 0 saturated heterocycles. The number of rotatable bonds is 7. The molecule has 150 valence electrons. The fourth-order valence-corrected chi connectivity index (χ4v) is 3.89. The molecule has 3 aromatic rings. The lowest BCUT2D eigenvalue weighted by Gasteiger charge is -2.15. The molecule has 0 bridgehead atoms. The van der Waals surface area contributed by atoms with Crippen molar-refractivity contribution in [2.24, 2.45) is 0 Å². The van der Waals surface area contributed by atoms with Crippen molar-refractivity contribution in [1.82, 2.24) is 0 Å². The van der Waals surface area contributed by atoms with Crippen LogP contribution in [0, 0.1) is 0 Å². The molecule has 1 aromatic heterocycles. The number of para-hydroxylation sites is 1. The number of carbonyl (C=O) groups is 2. The summed E-state index contributed by atoms with van der Waals surface area (Å²) in [6.45, 7) is 3.66. The monoisotopic (exact) mass is 473 g/mol. The van der Waals surface area contributed by atoms with Gasteiger partial charge in [0.1, 0.15) is 16.3 Å². The third kappa shape index (κ3) is 5.25. The number of hydrogen-bond donors (Lipinski definition) is 1. The van der Waals surface area contributed by atoms with Crippen LogP contribution in [-0.2, 0) is 9.53 Å². The summed E-state index contributed by atoms with van der Waals surface area (Å²) in [6.07, 6.45) is -0.731. The van der Waals surface area contributed by atoms with E-state index in [2.05, 4.69) is 21.2 Å². The zero-order valence-electron chi connectivity index (χ0n) is 16.0. The van der Waals surface area contributed by atoms with Crippen molar-refractivity contribution in [2.45, 2.75) is 20.0 Å². The van der Waals surface area contributed by atoms with Crippen LogP contribution in [0.3, 0.4) is 0 Å². The highest BCUT2D eigenvalue weighted by Gasteiger charge is 2.24. The maximum atomic E-state index is 12.7. The zero-order valence-corrected chi connectivity index (χ0v) is 18.4. The number of thiophene rings is 1. The van der Waals surface area contributed by atoms with Gasteiger partial charge in [-0.2, -0.15) is 0 Å². The third-order valence-electron chi connectivity index (χ3n) is 4.09. The van der Waals surface area contributed by atoms with Gasteiger partial charge in [-0.3, -0.25) is 4.79 Å². The summed E-state index contributed by atoms with van der Waals surface area (Å²) in [5.41, 5.74) is 1.92. The highest BCUT2D eigenvalue weighted by molar-refractivity contribution is 9.10. The molecule has 0 radical (unpaired) electrons. The molecule has 5 nitrogen and oxygen atoms in total. The van der Waals surface area contributed by atoms with Gasteiger partial charge in [-0.15, -0.1) is 11.3 Å². The van der Waals surface area contributed by atoms with E-state index in [0.717, 1.165) is 10.0 Å². The number of ether oxygens (including phenoxy) is 2.